The van der Waals surface area contributed by atoms with E-state index >= 15 is 0 Å². The van der Waals surface area contributed by atoms with Gasteiger partial charge in [0.05, 0.1) is 28.1 Å². The molecule has 0 unspecified atom stereocenters. The number of hydrogen-bond donors (Lipinski definition) is 0. The molecule has 2 bridgehead atoms. The highest BCUT2D eigenvalue weighted by molar-refractivity contribution is 5.90. The van der Waals surface area contributed by atoms with Gasteiger partial charge < -0.3 is 23.7 Å². The number of rotatable bonds is 9. The quantitative estimate of drug-likeness (QED) is 0.194. The molecule has 2 aromatic carbocycles. The van der Waals surface area contributed by atoms with Crippen LogP contribution in [-0.2, 0) is 28.5 Å². The third kappa shape index (κ3) is 5.27. The second-order valence-corrected chi connectivity index (χ2v) is 13.0. The lowest BCUT2D eigenvalue weighted by molar-refractivity contribution is -0.298. The predicted molar refractivity (Wildman–Crippen MR) is 159 cm³/mol. The van der Waals surface area contributed by atoms with Crippen molar-refractivity contribution in [2.45, 2.75) is 103 Å². The molecule has 1 aliphatic heterocycles. The first-order valence-corrected chi connectivity index (χ1v) is 15.5. The number of esters is 3. The van der Waals surface area contributed by atoms with Crippen molar-refractivity contribution in [1.29, 1.82) is 0 Å². The molecule has 8 nitrogen and oxygen atoms in total. The van der Waals surface area contributed by atoms with Gasteiger partial charge in [-0.2, -0.15) is 0 Å². The topological polar surface area (TPSA) is 97.4 Å². The number of ether oxygens (including phenoxy) is 5. The number of unbranched alkanes of at least 4 members (excludes halogenated alkanes) is 1. The van der Waals surface area contributed by atoms with E-state index in [9.17, 15) is 14.4 Å². The van der Waals surface area contributed by atoms with Crippen molar-refractivity contribution >= 4 is 17.9 Å². The van der Waals surface area contributed by atoms with Crippen LogP contribution in [0.3, 0.4) is 0 Å². The molecule has 1 spiro atoms. The van der Waals surface area contributed by atoms with Gasteiger partial charge in [0.15, 0.2) is 0 Å². The smallest absolute Gasteiger partial charge is 0.338 e. The van der Waals surface area contributed by atoms with Crippen molar-refractivity contribution in [3.05, 3.63) is 71.8 Å². The van der Waals surface area contributed by atoms with Gasteiger partial charge in [0.25, 0.3) is 0 Å². The Hall–Kier alpha value is -3.23. The second-order valence-electron chi connectivity index (χ2n) is 13.0. The van der Waals surface area contributed by atoms with Gasteiger partial charge in [-0.15, -0.1) is 0 Å². The summed E-state index contributed by atoms with van der Waals surface area (Å²) in [6, 6.07) is 17.7. The monoisotopic (exact) mass is 592 g/mol. The Morgan fingerprint density at radius 1 is 0.837 bits per heavy atom. The van der Waals surface area contributed by atoms with Crippen molar-refractivity contribution in [3.63, 3.8) is 0 Å². The molecule has 3 fully saturated rings. The highest BCUT2D eigenvalue weighted by Crippen LogP contribution is 2.68. The van der Waals surface area contributed by atoms with Crippen LogP contribution in [0.2, 0.25) is 0 Å². The lowest BCUT2D eigenvalue weighted by atomic mass is 9.48. The van der Waals surface area contributed by atoms with E-state index in [0.29, 0.717) is 30.6 Å². The van der Waals surface area contributed by atoms with Crippen molar-refractivity contribution in [1.82, 2.24) is 0 Å². The average Bonchev–Trinajstić information content (AvgIpc) is 3.18. The molecule has 5 rings (SSSR count). The Kier molecular flexibility index (Phi) is 8.74. The molecule has 2 saturated carbocycles. The maximum absolute atomic E-state index is 13.8. The molecule has 2 aliphatic carbocycles. The number of fused-ring (bicyclic) bond motifs is 1. The van der Waals surface area contributed by atoms with Crippen molar-refractivity contribution < 1.29 is 38.1 Å². The van der Waals surface area contributed by atoms with Crippen LogP contribution in [0.25, 0.3) is 0 Å². The summed E-state index contributed by atoms with van der Waals surface area (Å²) in [6.45, 7) is 11.9. The fourth-order valence-electron chi connectivity index (χ4n) is 7.99. The van der Waals surface area contributed by atoms with E-state index in [-0.39, 0.29) is 5.92 Å². The van der Waals surface area contributed by atoms with Gasteiger partial charge in [-0.05, 0) is 70.2 Å². The molecule has 8 atom stereocenters. The van der Waals surface area contributed by atoms with E-state index in [0.717, 1.165) is 12.8 Å². The summed E-state index contributed by atoms with van der Waals surface area (Å²) in [5.74, 6) is -1.97. The first-order valence-electron chi connectivity index (χ1n) is 15.5. The van der Waals surface area contributed by atoms with Gasteiger partial charge in [-0.1, -0.05) is 56.7 Å². The van der Waals surface area contributed by atoms with Gasteiger partial charge in [-0.3, -0.25) is 4.79 Å². The number of benzene rings is 2. The first kappa shape index (κ1) is 31.2. The number of carbonyl (C=O) groups excluding carboxylic acids is 3. The van der Waals surface area contributed by atoms with Crippen LogP contribution < -0.4 is 0 Å². The summed E-state index contributed by atoms with van der Waals surface area (Å²) >= 11 is 0. The van der Waals surface area contributed by atoms with Crippen molar-refractivity contribution in [3.8, 4) is 0 Å². The minimum atomic E-state index is -1.14. The van der Waals surface area contributed by atoms with Crippen LogP contribution in [0.5, 0.6) is 0 Å². The molecule has 2 aromatic rings. The molecule has 1 heterocycles. The fourth-order valence-corrected chi connectivity index (χ4v) is 7.99. The van der Waals surface area contributed by atoms with E-state index in [2.05, 4.69) is 13.8 Å². The summed E-state index contributed by atoms with van der Waals surface area (Å²) in [6.07, 6.45) is -0.119. The predicted octanol–water partition coefficient (Wildman–Crippen LogP) is 6.17. The number of carbonyl (C=O) groups is 3. The van der Waals surface area contributed by atoms with Gasteiger partial charge in [-0.25, -0.2) is 9.59 Å². The molecule has 43 heavy (non-hydrogen) atoms. The molecule has 0 amide bonds. The largest absolute Gasteiger partial charge is 0.459 e. The molecule has 0 aromatic heterocycles. The van der Waals surface area contributed by atoms with Gasteiger partial charge in [0, 0.05) is 13.5 Å². The van der Waals surface area contributed by atoms with Gasteiger partial charge >= 0.3 is 17.9 Å². The Morgan fingerprint density at radius 3 is 1.98 bits per heavy atom. The number of hydrogen-bond acceptors (Lipinski definition) is 8. The normalized spacial score (nSPS) is 34.1. The first-order chi connectivity index (χ1) is 20.5. The minimum Gasteiger partial charge on any atom is -0.459 e. The zero-order chi connectivity index (χ0) is 31.0. The maximum atomic E-state index is 13.8. The standard InChI is InChI=1S/C35H44O8/c1-7-8-21-39-28-27-29(40-23(3)36)35(43-33(27,4)5)22(2)19-20-26(41-31(37)24-15-11-9-12-16-24)34(35,6)30(28)42-32(38)25-17-13-10-14-18-25/h9-18,22,26-30H,7-8,19-21H2,1-6H3/t22-,26+,27-,28-,29-,30-,34+,35-/m1/s1. The minimum absolute atomic E-state index is 0.118. The Balaban J connectivity index is 1.68. The molecular formula is C35H44O8. The molecule has 0 radical (unpaired) electrons. The molecule has 3 aliphatic rings. The summed E-state index contributed by atoms with van der Waals surface area (Å²) in [4.78, 5) is 40.0. The van der Waals surface area contributed by atoms with Crippen LogP contribution in [0.1, 0.15) is 87.9 Å². The third-order valence-electron chi connectivity index (χ3n) is 9.94. The summed E-state index contributed by atoms with van der Waals surface area (Å²) in [5, 5.41) is 0. The third-order valence-corrected chi connectivity index (χ3v) is 9.94. The van der Waals surface area contributed by atoms with Crippen molar-refractivity contribution in [2.24, 2.45) is 17.3 Å². The van der Waals surface area contributed by atoms with Crippen LogP contribution in [-0.4, -0.2) is 60.1 Å². The highest BCUT2D eigenvalue weighted by Gasteiger charge is 2.81. The Labute approximate surface area is 254 Å². The van der Waals surface area contributed by atoms with E-state index in [4.69, 9.17) is 23.7 Å². The van der Waals surface area contributed by atoms with E-state index in [1.165, 1.54) is 6.92 Å². The second kappa shape index (κ2) is 12.0. The van der Waals surface area contributed by atoms with Crippen LogP contribution in [0, 0.1) is 17.3 Å². The lowest BCUT2D eigenvalue weighted by Gasteiger charge is -2.63. The van der Waals surface area contributed by atoms with E-state index in [1.54, 1.807) is 48.5 Å². The van der Waals surface area contributed by atoms with Crippen molar-refractivity contribution in [2.75, 3.05) is 6.61 Å². The maximum Gasteiger partial charge on any atom is 0.338 e. The van der Waals surface area contributed by atoms with Gasteiger partial charge in [0.1, 0.15) is 30.0 Å². The molecular weight excluding hydrogens is 548 g/mol. The molecule has 232 valence electrons. The lowest BCUT2D eigenvalue weighted by Crippen LogP contribution is -2.76. The highest BCUT2D eigenvalue weighted by atomic mass is 16.6. The van der Waals surface area contributed by atoms with E-state index < -0.39 is 64.9 Å². The Morgan fingerprint density at radius 2 is 1.42 bits per heavy atom. The molecule has 0 N–H and O–H groups in total. The summed E-state index contributed by atoms with van der Waals surface area (Å²) in [5.41, 5.74) is -2.25. The average molecular weight is 593 g/mol. The molecule has 8 heteroatoms. The summed E-state index contributed by atoms with van der Waals surface area (Å²) in [7, 11) is 0. The fraction of sp³-hybridized carbons (Fsp3) is 0.571. The zero-order valence-electron chi connectivity index (χ0n) is 26.0. The van der Waals surface area contributed by atoms with E-state index in [1.807, 2.05) is 32.9 Å². The SMILES string of the molecule is CCCCO[C@@H]1[C@@H]2[C@@H](OC(C)=O)[C@]3(OC2(C)C)[C@H](C)CC[C@H](OC(=O)c2ccccc2)[C@@]3(C)[C@@H]1OC(=O)c1ccccc1. The molecule has 1 saturated heterocycles. The van der Waals surface area contributed by atoms with Gasteiger partial charge in [0.2, 0.25) is 0 Å². The zero-order valence-corrected chi connectivity index (χ0v) is 26.0. The van der Waals surface area contributed by atoms with Crippen LogP contribution in [0.4, 0.5) is 0 Å². The van der Waals surface area contributed by atoms with Crippen LogP contribution in [0.15, 0.2) is 60.7 Å². The Bertz CT molecular complexity index is 1310. The van der Waals surface area contributed by atoms with Crippen LogP contribution >= 0.6 is 0 Å². The summed E-state index contributed by atoms with van der Waals surface area (Å²) < 4.78 is 32.8.